The first-order chi connectivity index (χ1) is 36.2. The van der Waals surface area contributed by atoms with Crippen LogP contribution in [0.3, 0.4) is 0 Å². The van der Waals surface area contributed by atoms with E-state index in [2.05, 4.69) is 265 Å². The Morgan fingerprint density at radius 3 is 1.52 bits per heavy atom. The van der Waals surface area contributed by atoms with Crippen LogP contribution in [0.1, 0.15) is 0 Å². The molecule has 340 valence electrons. The van der Waals surface area contributed by atoms with Crippen LogP contribution in [-0.4, -0.2) is 13.4 Å². The highest BCUT2D eigenvalue weighted by atomic mass is 32.2. The molecule has 15 rings (SSSR count). The lowest BCUT2D eigenvalue weighted by molar-refractivity contribution is 0.464. The molecule has 11 aromatic carbocycles. The molecule has 0 aromatic heterocycles. The molecule has 4 aliphatic heterocycles. The van der Waals surface area contributed by atoms with Gasteiger partial charge in [-0.15, -0.1) is 0 Å². The van der Waals surface area contributed by atoms with E-state index in [1.54, 1.807) is 0 Å². The van der Waals surface area contributed by atoms with Crippen LogP contribution in [-0.2, 0) is 0 Å². The Morgan fingerprint density at radius 1 is 0.315 bits per heavy atom. The zero-order valence-corrected chi connectivity index (χ0v) is 40.3. The third kappa shape index (κ3) is 6.73. The summed E-state index contributed by atoms with van der Waals surface area (Å²) in [5, 5.41) is 0. The molecule has 0 bridgehead atoms. The fraction of sp³-hybridized carbons (Fsp3) is 0. The molecule has 4 aliphatic rings. The summed E-state index contributed by atoms with van der Waals surface area (Å²) in [5.74, 6) is 3.40. The van der Waals surface area contributed by atoms with Crippen LogP contribution in [0.25, 0.3) is 33.4 Å². The van der Waals surface area contributed by atoms with Gasteiger partial charge in [-0.2, -0.15) is 0 Å². The number of anilines is 6. The average molecular weight is 949 g/mol. The van der Waals surface area contributed by atoms with E-state index in [4.69, 9.17) is 9.47 Å². The van der Waals surface area contributed by atoms with Gasteiger partial charge in [0.25, 0.3) is 6.71 Å². The highest BCUT2D eigenvalue weighted by molar-refractivity contribution is 8.00. The largest absolute Gasteiger partial charge is 0.458 e. The van der Waals surface area contributed by atoms with E-state index in [1.807, 2.05) is 11.8 Å². The summed E-state index contributed by atoms with van der Waals surface area (Å²) in [7, 11) is 0. The van der Waals surface area contributed by atoms with Crippen LogP contribution in [0.5, 0.6) is 23.0 Å². The number of nitrogens with zero attached hydrogens (tertiary/aromatic N) is 2. The zero-order valence-electron chi connectivity index (χ0n) is 39.5. The van der Waals surface area contributed by atoms with Crippen molar-refractivity contribution in [1.29, 1.82) is 0 Å². The second-order valence-electron chi connectivity index (χ2n) is 19.1. The lowest BCUT2D eigenvalue weighted by atomic mass is 9.31. The maximum Gasteiger partial charge on any atom is 0.260 e. The normalized spacial score (nSPS) is 13.0. The lowest BCUT2D eigenvalue weighted by Crippen LogP contribution is -2.62. The summed E-state index contributed by atoms with van der Waals surface area (Å²) < 4.78 is 14.2. The van der Waals surface area contributed by atoms with E-state index in [9.17, 15) is 0 Å². The number of rotatable bonds is 7. The second-order valence-corrected chi connectivity index (χ2v) is 20.2. The van der Waals surface area contributed by atoms with Crippen LogP contribution in [0.4, 0.5) is 34.1 Å². The van der Waals surface area contributed by atoms with E-state index in [0.29, 0.717) is 0 Å². The van der Waals surface area contributed by atoms with Crippen molar-refractivity contribution in [3.63, 3.8) is 0 Å². The number of benzene rings is 11. The summed E-state index contributed by atoms with van der Waals surface area (Å²) in [4.78, 5) is 7.33. The number of ether oxygens (including phenoxy) is 2. The van der Waals surface area contributed by atoms with Crippen molar-refractivity contribution in [3.05, 3.63) is 255 Å². The molecule has 0 amide bonds. The molecule has 73 heavy (non-hydrogen) atoms. The van der Waals surface area contributed by atoms with Crippen LogP contribution in [0.2, 0.25) is 0 Å². The van der Waals surface area contributed by atoms with Crippen molar-refractivity contribution >= 4 is 92.1 Å². The van der Waals surface area contributed by atoms with Gasteiger partial charge in [0.15, 0.2) is 0 Å². The molecule has 4 nitrogen and oxygen atoms in total. The maximum atomic E-state index is 7.28. The van der Waals surface area contributed by atoms with Crippen LogP contribution in [0, 0.1) is 0 Å². The summed E-state index contributed by atoms with van der Waals surface area (Å²) in [5.41, 5.74) is 20.8. The smallest absolute Gasteiger partial charge is 0.260 e. The van der Waals surface area contributed by atoms with E-state index < -0.39 is 0 Å². The Balaban J connectivity index is 0.956. The minimum atomic E-state index is -0.103. The van der Waals surface area contributed by atoms with Gasteiger partial charge in [0.05, 0.1) is 5.69 Å². The lowest BCUT2D eigenvalue weighted by Gasteiger charge is -2.42. The van der Waals surface area contributed by atoms with Crippen molar-refractivity contribution in [2.75, 3.05) is 9.80 Å². The Bertz CT molecular complexity index is 3950. The quantitative estimate of drug-likeness (QED) is 0.148. The third-order valence-corrected chi connectivity index (χ3v) is 16.1. The molecule has 0 N–H and O–H groups in total. The average Bonchev–Trinajstić information content (AvgIpc) is 3.46. The third-order valence-electron chi connectivity index (χ3n) is 15.0. The Hall–Kier alpha value is -8.90. The predicted octanol–water partition coefficient (Wildman–Crippen LogP) is 13.6. The maximum absolute atomic E-state index is 7.28. The van der Waals surface area contributed by atoms with Crippen molar-refractivity contribution < 1.29 is 9.47 Å². The summed E-state index contributed by atoms with van der Waals surface area (Å²) in [6.07, 6.45) is 0. The van der Waals surface area contributed by atoms with Gasteiger partial charge in [0, 0.05) is 49.3 Å². The van der Waals surface area contributed by atoms with E-state index in [-0.39, 0.29) is 13.4 Å². The molecule has 4 heterocycles. The van der Waals surface area contributed by atoms with Crippen molar-refractivity contribution in [2.45, 2.75) is 9.79 Å². The Kier molecular flexibility index (Phi) is 9.67. The van der Waals surface area contributed by atoms with Gasteiger partial charge in [-0.25, -0.2) is 0 Å². The first-order valence-corrected chi connectivity index (χ1v) is 25.8. The zero-order chi connectivity index (χ0) is 48.0. The monoisotopic (exact) mass is 948 g/mol. The highest BCUT2D eigenvalue weighted by Gasteiger charge is 2.46. The van der Waals surface area contributed by atoms with Gasteiger partial charge in [0.1, 0.15) is 23.0 Å². The Labute approximate surface area is 429 Å². The standard InChI is InChI=1S/C66H42B2N2O2S/c1-5-21-43(22-6-1)49-29-13-14-30-50(49)45-37-61-66-62(38-45)72-60-42-63-55(41-54(60)68(66)53-33-17-20-36-59(53)71-61)67-52-32-16-19-35-57(52)70(56-34-18-15-31-51(56)44-23-7-2-8-24-44)58-39-48(40-64(73-63)65(58)67)69(46-25-9-3-10-26-46)47-27-11-4-12-28-47/h1-42H. The summed E-state index contributed by atoms with van der Waals surface area (Å²) in [6.45, 7) is -0.166. The van der Waals surface area contributed by atoms with Crippen LogP contribution < -0.4 is 52.1 Å². The van der Waals surface area contributed by atoms with Crippen molar-refractivity contribution in [2.24, 2.45) is 0 Å². The predicted molar refractivity (Wildman–Crippen MR) is 305 cm³/mol. The van der Waals surface area contributed by atoms with Gasteiger partial charge in [-0.3, -0.25) is 0 Å². The molecule has 0 spiro atoms. The molecule has 11 aromatic rings. The van der Waals surface area contributed by atoms with Gasteiger partial charge in [0.2, 0.25) is 6.71 Å². The van der Waals surface area contributed by atoms with E-state index in [1.165, 1.54) is 42.9 Å². The molecule has 0 atom stereocenters. The van der Waals surface area contributed by atoms with Gasteiger partial charge in [-0.05, 0) is 122 Å². The molecule has 0 fully saturated rings. The molecule has 0 saturated heterocycles. The number of hydrogen-bond acceptors (Lipinski definition) is 5. The SMILES string of the molecule is c1ccc(-c2ccccc2-c2cc3c4c(c2)Oc2cc5c(cc2B4c2ccccc2O3)B2c3ccccc3N(c3ccccc3-c3ccccc3)c3cc(N(c4ccccc4)c4ccccc4)cc(c32)S5)cc1. The fourth-order valence-electron chi connectivity index (χ4n) is 11.9. The molecule has 0 aliphatic carbocycles. The number of hydrogen-bond donors (Lipinski definition) is 0. The van der Waals surface area contributed by atoms with Gasteiger partial charge < -0.3 is 19.3 Å². The van der Waals surface area contributed by atoms with Crippen LogP contribution in [0.15, 0.2) is 265 Å². The first kappa shape index (κ1) is 41.8. The number of fused-ring (bicyclic) bond motifs is 8. The van der Waals surface area contributed by atoms with Crippen LogP contribution >= 0.6 is 11.8 Å². The highest BCUT2D eigenvalue weighted by Crippen LogP contribution is 2.49. The molecular weight excluding hydrogens is 906 g/mol. The minimum Gasteiger partial charge on any atom is -0.458 e. The number of para-hydroxylation sites is 5. The van der Waals surface area contributed by atoms with Gasteiger partial charge >= 0.3 is 0 Å². The second kappa shape index (κ2) is 16.9. The topological polar surface area (TPSA) is 24.9 Å². The van der Waals surface area contributed by atoms with E-state index in [0.717, 1.165) is 90.2 Å². The molecule has 0 radical (unpaired) electrons. The first-order valence-electron chi connectivity index (χ1n) is 25.0. The molecule has 0 saturated carbocycles. The molecule has 7 heteroatoms. The van der Waals surface area contributed by atoms with Gasteiger partial charge in [-0.1, -0.05) is 199 Å². The van der Waals surface area contributed by atoms with E-state index >= 15 is 0 Å². The summed E-state index contributed by atoms with van der Waals surface area (Å²) >= 11 is 1.85. The molecule has 0 unspecified atom stereocenters. The van der Waals surface area contributed by atoms with Crippen molar-refractivity contribution in [1.82, 2.24) is 0 Å². The summed E-state index contributed by atoms with van der Waals surface area (Å²) in [6, 6.07) is 92.1. The fourth-order valence-corrected chi connectivity index (χ4v) is 13.1. The Morgan fingerprint density at radius 2 is 0.836 bits per heavy atom. The minimum absolute atomic E-state index is 0.0633. The van der Waals surface area contributed by atoms with Crippen molar-refractivity contribution in [3.8, 4) is 56.4 Å². The molecular formula is C66H42B2N2O2S.